The van der Waals surface area contributed by atoms with Crippen molar-refractivity contribution >= 4 is 24.2 Å². The van der Waals surface area contributed by atoms with Gasteiger partial charge in [0, 0.05) is 5.69 Å². The molecule has 0 radical (unpaired) electrons. The van der Waals surface area contributed by atoms with Crippen molar-refractivity contribution in [1.29, 1.82) is 0 Å². The van der Waals surface area contributed by atoms with Crippen LogP contribution in [0, 0.1) is 16.2 Å². The molecule has 1 unspecified atom stereocenters. The summed E-state index contributed by atoms with van der Waals surface area (Å²) >= 11 is 0. The first-order valence-electron chi connectivity index (χ1n) is 8.04. The Labute approximate surface area is 140 Å². The highest BCUT2D eigenvalue weighted by atomic mass is 16.4. The monoisotopic (exact) mass is 319 g/mol. The van der Waals surface area contributed by atoms with Crippen LogP contribution in [0.2, 0.25) is 0 Å². The maximum Gasteiger partial charge on any atom is 0.488 e. The predicted molar refractivity (Wildman–Crippen MR) is 96.5 cm³/mol. The van der Waals surface area contributed by atoms with E-state index in [1.807, 2.05) is 6.92 Å². The van der Waals surface area contributed by atoms with Gasteiger partial charge in [-0.3, -0.25) is 4.79 Å². The smallest absolute Gasteiger partial charge is 0.423 e. The molecule has 0 fully saturated rings. The molecule has 1 amide bonds. The minimum Gasteiger partial charge on any atom is -0.423 e. The van der Waals surface area contributed by atoms with Crippen LogP contribution < -0.4 is 10.8 Å². The van der Waals surface area contributed by atoms with Crippen LogP contribution in [0.4, 0.5) is 5.69 Å². The lowest BCUT2D eigenvalue weighted by Gasteiger charge is -2.44. The summed E-state index contributed by atoms with van der Waals surface area (Å²) in [4.78, 5) is 13.0. The third-order valence-corrected chi connectivity index (χ3v) is 4.48. The maximum atomic E-state index is 13.0. The first kappa shape index (κ1) is 19.7. The summed E-state index contributed by atoms with van der Waals surface area (Å²) < 4.78 is 0. The Hall–Kier alpha value is -1.33. The van der Waals surface area contributed by atoms with Gasteiger partial charge in [-0.15, -0.1) is 0 Å². The number of nitrogens with one attached hydrogen (secondary N) is 1. The molecular weight excluding hydrogens is 289 g/mol. The largest absolute Gasteiger partial charge is 0.488 e. The predicted octanol–water partition coefficient (Wildman–Crippen LogP) is 2.79. The number of rotatable bonds is 4. The summed E-state index contributed by atoms with van der Waals surface area (Å²) in [6.07, 6.45) is 0.748. The molecule has 1 rings (SSSR count). The zero-order valence-electron chi connectivity index (χ0n) is 15.4. The van der Waals surface area contributed by atoms with Crippen molar-refractivity contribution in [3.05, 3.63) is 24.3 Å². The fraction of sp³-hybridized carbons (Fsp3) is 0.611. The Morgan fingerprint density at radius 3 is 2.09 bits per heavy atom. The summed E-state index contributed by atoms with van der Waals surface area (Å²) in [5.74, 6) is -0.0514. The van der Waals surface area contributed by atoms with Gasteiger partial charge in [-0.2, -0.15) is 0 Å². The van der Waals surface area contributed by atoms with E-state index in [-0.39, 0.29) is 16.7 Å². The SMILES string of the molecule is CC(C)(C)CC(C)(C(=O)Nc1cccc(B(O)O)c1)C(C)(C)C. The van der Waals surface area contributed by atoms with Crippen LogP contribution in [0.1, 0.15) is 54.9 Å². The second kappa shape index (κ2) is 6.66. The van der Waals surface area contributed by atoms with E-state index in [0.717, 1.165) is 6.42 Å². The van der Waals surface area contributed by atoms with E-state index in [2.05, 4.69) is 46.9 Å². The van der Waals surface area contributed by atoms with Gasteiger partial charge in [0.1, 0.15) is 0 Å². The molecule has 0 bridgehead atoms. The number of amides is 1. The van der Waals surface area contributed by atoms with Gasteiger partial charge in [0.05, 0.1) is 5.41 Å². The Bertz CT molecular complexity index is 558. The summed E-state index contributed by atoms with van der Waals surface area (Å²) in [5, 5.41) is 21.5. The number of hydrogen-bond donors (Lipinski definition) is 3. The molecule has 0 saturated heterocycles. The molecule has 1 aromatic rings. The number of benzene rings is 1. The van der Waals surface area contributed by atoms with Crippen molar-refractivity contribution in [3.8, 4) is 0 Å². The lowest BCUT2D eigenvalue weighted by atomic mass is 9.61. The molecule has 0 aliphatic carbocycles. The average molecular weight is 319 g/mol. The molecule has 4 nitrogen and oxygen atoms in total. The van der Waals surface area contributed by atoms with Crippen molar-refractivity contribution in [2.45, 2.75) is 54.9 Å². The van der Waals surface area contributed by atoms with E-state index in [1.54, 1.807) is 24.3 Å². The highest BCUT2D eigenvalue weighted by Gasteiger charge is 2.46. The third-order valence-electron chi connectivity index (χ3n) is 4.48. The molecular formula is C18H30BNO3. The molecule has 1 atom stereocenters. The average Bonchev–Trinajstić information content (AvgIpc) is 2.35. The van der Waals surface area contributed by atoms with Gasteiger partial charge in [-0.1, -0.05) is 60.6 Å². The van der Waals surface area contributed by atoms with Crippen LogP contribution in [-0.4, -0.2) is 23.1 Å². The summed E-state index contributed by atoms with van der Waals surface area (Å²) in [6, 6.07) is 6.65. The lowest BCUT2D eigenvalue weighted by Crippen LogP contribution is -2.46. The first-order chi connectivity index (χ1) is 10.3. The van der Waals surface area contributed by atoms with E-state index in [4.69, 9.17) is 0 Å². The fourth-order valence-corrected chi connectivity index (χ4v) is 2.79. The van der Waals surface area contributed by atoms with Crippen LogP contribution in [0.3, 0.4) is 0 Å². The van der Waals surface area contributed by atoms with E-state index in [9.17, 15) is 14.8 Å². The molecule has 0 aliphatic rings. The molecule has 0 aliphatic heterocycles. The van der Waals surface area contributed by atoms with Crippen LogP contribution in [-0.2, 0) is 4.79 Å². The van der Waals surface area contributed by atoms with Crippen LogP contribution >= 0.6 is 0 Å². The topological polar surface area (TPSA) is 69.6 Å². The minimum atomic E-state index is -1.55. The molecule has 0 spiro atoms. The quantitative estimate of drug-likeness (QED) is 0.748. The number of carbonyl (C=O) groups is 1. The van der Waals surface area contributed by atoms with Gasteiger partial charge in [-0.25, -0.2) is 0 Å². The Morgan fingerprint density at radius 1 is 1.09 bits per heavy atom. The first-order valence-corrected chi connectivity index (χ1v) is 8.04. The van der Waals surface area contributed by atoms with Crippen molar-refractivity contribution in [2.75, 3.05) is 5.32 Å². The second-order valence-corrected chi connectivity index (χ2v) is 8.77. The van der Waals surface area contributed by atoms with E-state index >= 15 is 0 Å². The highest BCUT2D eigenvalue weighted by Crippen LogP contribution is 2.47. The van der Waals surface area contributed by atoms with Gasteiger partial charge < -0.3 is 15.4 Å². The summed E-state index contributed by atoms with van der Waals surface area (Å²) in [5.41, 5.74) is 0.182. The molecule has 0 saturated carbocycles. The Balaban J connectivity index is 3.10. The Kier molecular flexibility index (Phi) is 5.71. The van der Waals surface area contributed by atoms with Crippen LogP contribution in [0.15, 0.2) is 24.3 Å². The number of hydrogen-bond acceptors (Lipinski definition) is 3. The van der Waals surface area contributed by atoms with E-state index < -0.39 is 12.5 Å². The van der Waals surface area contributed by atoms with Gasteiger partial charge in [-0.05, 0) is 34.8 Å². The number of anilines is 1. The van der Waals surface area contributed by atoms with E-state index in [0.29, 0.717) is 11.2 Å². The maximum absolute atomic E-state index is 13.0. The summed E-state index contributed by atoms with van der Waals surface area (Å²) in [6.45, 7) is 14.6. The normalized spacial score (nSPS) is 15.0. The van der Waals surface area contributed by atoms with Crippen LogP contribution in [0.5, 0.6) is 0 Å². The fourth-order valence-electron chi connectivity index (χ4n) is 2.79. The third kappa shape index (κ3) is 5.08. The Morgan fingerprint density at radius 2 is 1.65 bits per heavy atom. The van der Waals surface area contributed by atoms with Gasteiger partial charge >= 0.3 is 7.12 Å². The van der Waals surface area contributed by atoms with Crippen molar-refractivity contribution in [3.63, 3.8) is 0 Å². The minimum absolute atomic E-state index is 0.0164. The van der Waals surface area contributed by atoms with Crippen molar-refractivity contribution < 1.29 is 14.8 Å². The summed E-state index contributed by atoms with van der Waals surface area (Å²) in [7, 11) is -1.55. The van der Waals surface area contributed by atoms with E-state index in [1.165, 1.54) is 0 Å². The molecule has 23 heavy (non-hydrogen) atoms. The van der Waals surface area contributed by atoms with Crippen molar-refractivity contribution in [2.24, 2.45) is 16.2 Å². The zero-order valence-corrected chi connectivity index (χ0v) is 15.4. The zero-order chi connectivity index (χ0) is 18.1. The van der Waals surface area contributed by atoms with Crippen molar-refractivity contribution in [1.82, 2.24) is 0 Å². The van der Waals surface area contributed by atoms with Gasteiger partial charge in [0.15, 0.2) is 0 Å². The highest BCUT2D eigenvalue weighted by molar-refractivity contribution is 6.58. The molecule has 3 N–H and O–H groups in total. The molecule has 0 heterocycles. The molecule has 128 valence electrons. The molecule has 1 aromatic carbocycles. The number of carbonyl (C=O) groups excluding carboxylic acids is 1. The standard InChI is InChI=1S/C18H30BNO3/c1-16(2,3)12-18(7,17(4,5)6)15(21)20-14-10-8-9-13(11-14)19(22)23/h8-11,22-23H,12H2,1-7H3,(H,20,21). The lowest BCUT2D eigenvalue weighted by molar-refractivity contribution is -0.133. The second-order valence-electron chi connectivity index (χ2n) is 8.77. The van der Waals surface area contributed by atoms with Crippen LogP contribution in [0.25, 0.3) is 0 Å². The molecule has 0 aromatic heterocycles. The van der Waals surface area contributed by atoms with Gasteiger partial charge in [0.25, 0.3) is 0 Å². The van der Waals surface area contributed by atoms with Gasteiger partial charge in [0.2, 0.25) is 5.91 Å². The molecule has 5 heteroatoms.